The molecule has 1 amide bonds. The smallest absolute Gasteiger partial charge is 0.351 e. The minimum Gasteiger partial charge on any atom is -0.351 e. The monoisotopic (exact) mass is 493 g/mol. The first-order valence-corrected chi connectivity index (χ1v) is 11.3. The van der Waals surface area contributed by atoms with Gasteiger partial charge in [0.25, 0.3) is 5.91 Å². The molecule has 2 heterocycles. The number of amides is 1. The summed E-state index contributed by atoms with van der Waals surface area (Å²) in [6, 6.07) is 11.6. The van der Waals surface area contributed by atoms with E-state index in [1.165, 1.54) is 12.1 Å². The summed E-state index contributed by atoms with van der Waals surface area (Å²) in [4.78, 5) is 25.8. The molecule has 0 unspecified atom stereocenters. The van der Waals surface area contributed by atoms with Gasteiger partial charge in [-0.05, 0) is 61.7 Å². The van der Waals surface area contributed by atoms with Gasteiger partial charge < -0.3 is 16.0 Å². The van der Waals surface area contributed by atoms with E-state index < -0.39 is 17.6 Å². The SMILES string of the molecule is Cc1ccc(NC(=O)c2cccc(C(F)(F)F)c2)cc1Nc1nccn1-c1ccnc(NC2CC2)n1. The molecule has 0 spiro atoms. The Labute approximate surface area is 204 Å². The van der Waals surface area contributed by atoms with E-state index in [0.717, 1.165) is 30.5 Å². The van der Waals surface area contributed by atoms with E-state index in [9.17, 15) is 18.0 Å². The Balaban J connectivity index is 1.35. The molecule has 8 nitrogen and oxygen atoms in total. The van der Waals surface area contributed by atoms with Crippen LogP contribution in [0.3, 0.4) is 0 Å². The molecule has 1 aliphatic rings. The molecule has 2 aromatic carbocycles. The third-order valence-electron chi connectivity index (χ3n) is 5.63. The van der Waals surface area contributed by atoms with Gasteiger partial charge in [0, 0.05) is 41.6 Å². The van der Waals surface area contributed by atoms with E-state index in [1.54, 1.807) is 47.4 Å². The molecule has 0 bridgehead atoms. The number of hydrogen-bond donors (Lipinski definition) is 3. The molecule has 0 atom stereocenters. The lowest BCUT2D eigenvalue weighted by Gasteiger charge is -2.14. The number of imidazole rings is 1. The van der Waals surface area contributed by atoms with E-state index >= 15 is 0 Å². The van der Waals surface area contributed by atoms with E-state index in [4.69, 9.17) is 0 Å². The minimum atomic E-state index is -4.53. The summed E-state index contributed by atoms with van der Waals surface area (Å²) < 4.78 is 40.8. The van der Waals surface area contributed by atoms with Crippen molar-refractivity contribution in [1.29, 1.82) is 0 Å². The number of hydrogen-bond acceptors (Lipinski definition) is 6. The first kappa shape index (κ1) is 23.3. The number of benzene rings is 2. The summed E-state index contributed by atoms with van der Waals surface area (Å²) in [6.45, 7) is 1.89. The lowest BCUT2D eigenvalue weighted by molar-refractivity contribution is -0.137. The van der Waals surface area contributed by atoms with Crippen molar-refractivity contribution in [2.24, 2.45) is 0 Å². The summed E-state index contributed by atoms with van der Waals surface area (Å²) in [5.41, 5.74) is 0.986. The van der Waals surface area contributed by atoms with Gasteiger partial charge in [-0.15, -0.1) is 0 Å². The van der Waals surface area contributed by atoms with Crippen molar-refractivity contribution in [3.05, 3.63) is 83.8 Å². The number of carbonyl (C=O) groups excluding carboxylic acids is 1. The van der Waals surface area contributed by atoms with Crippen molar-refractivity contribution in [3.63, 3.8) is 0 Å². The van der Waals surface area contributed by atoms with Gasteiger partial charge in [0.1, 0.15) is 5.82 Å². The lowest BCUT2D eigenvalue weighted by atomic mass is 10.1. The Morgan fingerprint density at radius 1 is 1.06 bits per heavy atom. The van der Waals surface area contributed by atoms with Crippen LogP contribution in [0.1, 0.15) is 34.3 Å². The van der Waals surface area contributed by atoms with E-state index in [1.807, 2.05) is 6.92 Å². The Morgan fingerprint density at radius 3 is 2.67 bits per heavy atom. The maximum atomic E-state index is 13.0. The molecule has 36 heavy (non-hydrogen) atoms. The van der Waals surface area contributed by atoms with Gasteiger partial charge in [0.2, 0.25) is 11.9 Å². The number of anilines is 4. The summed E-state index contributed by atoms with van der Waals surface area (Å²) >= 11 is 0. The number of carbonyl (C=O) groups is 1. The zero-order chi connectivity index (χ0) is 25.3. The van der Waals surface area contributed by atoms with Crippen molar-refractivity contribution in [3.8, 4) is 5.82 Å². The van der Waals surface area contributed by atoms with E-state index in [0.29, 0.717) is 35.1 Å². The van der Waals surface area contributed by atoms with Crippen molar-refractivity contribution >= 4 is 29.2 Å². The third kappa shape index (κ3) is 5.29. The number of aryl methyl sites for hydroxylation is 1. The number of aromatic nitrogens is 4. The molecule has 1 aliphatic carbocycles. The normalized spacial score (nSPS) is 13.3. The maximum absolute atomic E-state index is 13.0. The fourth-order valence-corrected chi connectivity index (χ4v) is 3.54. The second-order valence-electron chi connectivity index (χ2n) is 8.47. The van der Waals surface area contributed by atoms with Crippen LogP contribution in [0.5, 0.6) is 0 Å². The van der Waals surface area contributed by atoms with Gasteiger partial charge >= 0.3 is 6.18 Å². The molecule has 3 N–H and O–H groups in total. The molecule has 11 heteroatoms. The van der Waals surface area contributed by atoms with Crippen molar-refractivity contribution in [2.75, 3.05) is 16.0 Å². The van der Waals surface area contributed by atoms with Gasteiger partial charge in [-0.3, -0.25) is 9.36 Å². The predicted octanol–water partition coefficient (Wildman–Crippen LogP) is 5.56. The van der Waals surface area contributed by atoms with Crippen LogP contribution in [0.2, 0.25) is 0 Å². The summed E-state index contributed by atoms with van der Waals surface area (Å²) in [6.07, 6.45) is 2.74. The average molecular weight is 493 g/mol. The zero-order valence-corrected chi connectivity index (χ0v) is 19.2. The number of nitrogens with one attached hydrogen (secondary N) is 3. The van der Waals surface area contributed by atoms with Crippen LogP contribution in [0.25, 0.3) is 5.82 Å². The molecular weight excluding hydrogens is 471 g/mol. The zero-order valence-electron chi connectivity index (χ0n) is 19.2. The largest absolute Gasteiger partial charge is 0.416 e. The number of nitrogens with zero attached hydrogens (tertiary/aromatic N) is 4. The highest BCUT2D eigenvalue weighted by Crippen LogP contribution is 2.30. The number of halogens is 3. The summed E-state index contributed by atoms with van der Waals surface area (Å²) in [5, 5.41) is 9.17. The molecule has 0 saturated heterocycles. The van der Waals surface area contributed by atoms with Gasteiger partial charge in [-0.25, -0.2) is 9.97 Å². The third-order valence-corrected chi connectivity index (χ3v) is 5.63. The van der Waals surface area contributed by atoms with Crippen molar-refractivity contribution < 1.29 is 18.0 Å². The second kappa shape index (κ2) is 9.33. The maximum Gasteiger partial charge on any atom is 0.416 e. The number of alkyl halides is 3. The van der Waals surface area contributed by atoms with Crippen LogP contribution < -0.4 is 16.0 Å². The standard InChI is InChI=1S/C25H22F3N7O/c1-15-5-6-19(31-22(36)16-3-2-4-17(13-16)25(26,27)28)14-20(15)33-24-30-11-12-35(24)21-9-10-29-23(34-21)32-18-7-8-18/h2-6,9-14,18H,7-8H2,1H3,(H,30,33)(H,31,36)(H,29,32,34). The molecule has 4 aromatic rings. The first-order valence-electron chi connectivity index (χ1n) is 11.3. The fourth-order valence-electron chi connectivity index (χ4n) is 3.54. The van der Waals surface area contributed by atoms with Crippen LogP contribution in [0.15, 0.2) is 67.1 Å². The molecule has 1 fully saturated rings. The van der Waals surface area contributed by atoms with E-state index in [-0.39, 0.29) is 5.56 Å². The second-order valence-corrected chi connectivity index (χ2v) is 8.47. The van der Waals surface area contributed by atoms with Crippen LogP contribution >= 0.6 is 0 Å². The van der Waals surface area contributed by atoms with Crippen LogP contribution in [-0.4, -0.2) is 31.5 Å². The molecule has 0 aliphatic heterocycles. The molecule has 184 valence electrons. The van der Waals surface area contributed by atoms with Crippen molar-refractivity contribution in [2.45, 2.75) is 32.0 Å². The molecule has 0 radical (unpaired) electrons. The van der Waals surface area contributed by atoms with Gasteiger partial charge in [-0.2, -0.15) is 18.2 Å². The Hall–Kier alpha value is -4.41. The Kier molecular flexibility index (Phi) is 6.05. The summed E-state index contributed by atoms with van der Waals surface area (Å²) in [5.74, 6) is 1.02. The van der Waals surface area contributed by atoms with Gasteiger partial charge in [0.05, 0.1) is 5.56 Å². The molecule has 5 rings (SSSR count). The Bertz CT molecular complexity index is 1410. The fraction of sp³-hybridized carbons (Fsp3) is 0.200. The molecular formula is C25H22F3N7O. The van der Waals surface area contributed by atoms with Gasteiger partial charge in [-0.1, -0.05) is 12.1 Å². The Morgan fingerprint density at radius 2 is 1.89 bits per heavy atom. The first-order chi connectivity index (χ1) is 17.3. The van der Waals surface area contributed by atoms with Crippen LogP contribution in [-0.2, 0) is 6.18 Å². The highest BCUT2D eigenvalue weighted by molar-refractivity contribution is 6.04. The predicted molar refractivity (Wildman–Crippen MR) is 130 cm³/mol. The quantitative estimate of drug-likeness (QED) is 0.312. The highest BCUT2D eigenvalue weighted by Gasteiger charge is 2.31. The number of rotatable bonds is 7. The average Bonchev–Trinajstić information content (AvgIpc) is 3.55. The summed E-state index contributed by atoms with van der Waals surface area (Å²) in [7, 11) is 0. The topological polar surface area (TPSA) is 96.8 Å². The van der Waals surface area contributed by atoms with Crippen LogP contribution in [0, 0.1) is 6.92 Å². The van der Waals surface area contributed by atoms with E-state index in [2.05, 4.69) is 30.9 Å². The van der Waals surface area contributed by atoms with Crippen LogP contribution in [0.4, 0.5) is 36.4 Å². The molecule has 2 aromatic heterocycles. The highest BCUT2D eigenvalue weighted by atomic mass is 19.4. The minimum absolute atomic E-state index is 0.0881. The van der Waals surface area contributed by atoms with Gasteiger partial charge in [0.15, 0.2) is 0 Å². The molecule has 1 saturated carbocycles. The lowest BCUT2D eigenvalue weighted by Crippen LogP contribution is -2.14. The van der Waals surface area contributed by atoms with Crippen molar-refractivity contribution in [1.82, 2.24) is 19.5 Å².